The van der Waals surface area contributed by atoms with Gasteiger partial charge in [-0.15, -0.1) is 0 Å². The maximum absolute atomic E-state index is 11.7. The van der Waals surface area contributed by atoms with Gasteiger partial charge in [-0.3, -0.25) is 4.79 Å². The highest BCUT2D eigenvalue weighted by Gasteiger charge is 2.14. The molecule has 1 amide bonds. The highest BCUT2D eigenvalue weighted by Crippen LogP contribution is 2.20. The van der Waals surface area contributed by atoms with Crippen molar-refractivity contribution in [3.8, 4) is 5.75 Å². The highest BCUT2D eigenvalue weighted by molar-refractivity contribution is 5.87. The number of benzene rings is 1. The Morgan fingerprint density at radius 1 is 1.38 bits per heavy atom. The Labute approximate surface area is 126 Å². The minimum Gasteiger partial charge on any atom is -0.484 e. The first kappa shape index (κ1) is 15.5. The van der Waals surface area contributed by atoms with Crippen LogP contribution in [0.4, 0.5) is 0 Å². The fourth-order valence-corrected chi connectivity index (χ4v) is 2.51. The average molecular weight is 288 g/mol. The molecule has 2 rings (SSSR count). The van der Waals surface area contributed by atoms with Crippen molar-refractivity contribution >= 4 is 11.6 Å². The second kappa shape index (κ2) is 7.81. The Morgan fingerprint density at radius 3 is 2.81 bits per heavy atom. The van der Waals surface area contributed by atoms with Crippen molar-refractivity contribution < 1.29 is 9.53 Å². The van der Waals surface area contributed by atoms with Crippen molar-refractivity contribution in [3.63, 3.8) is 0 Å². The number of hydrogen-bond acceptors (Lipinski definition) is 3. The van der Waals surface area contributed by atoms with Gasteiger partial charge in [0.05, 0.1) is 0 Å². The van der Waals surface area contributed by atoms with Crippen LogP contribution in [0.2, 0.25) is 0 Å². The molecule has 1 fully saturated rings. The Kier molecular flexibility index (Phi) is 5.78. The van der Waals surface area contributed by atoms with E-state index in [0.29, 0.717) is 11.7 Å². The molecule has 1 atom stereocenters. The summed E-state index contributed by atoms with van der Waals surface area (Å²) in [5.74, 6) is 1.17. The van der Waals surface area contributed by atoms with Gasteiger partial charge in [0, 0.05) is 5.71 Å². The molecule has 114 valence electrons. The minimum absolute atomic E-state index is 0.00218. The summed E-state index contributed by atoms with van der Waals surface area (Å²) in [4.78, 5) is 11.7. The molecule has 1 N–H and O–H groups in total. The molecule has 4 nitrogen and oxygen atoms in total. The number of ether oxygens (including phenoxy) is 1. The van der Waals surface area contributed by atoms with Crippen LogP contribution in [0.25, 0.3) is 0 Å². The van der Waals surface area contributed by atoms with Gasteiger partial charge in [-0.1, -0.05) is 26.0 Å². The van der Waals surface area contributed by atoms with Crippen LogP contribution in [0.1, 0.15) is 45.1 Å². The number of nitrogens with zero attached hydrogens (tertiary/aromatic N) is 1. The number of aryl methyl sites for hydroxylation is 1. The predicted molar refractivity (Wildman–Crippen MR) is 84.5 cm³/mol. The van der Waals surface area contributed by atoms with Crippen LogP contribution in [-0.2, 0) is 11.2 Å². The van der Waals surface area contributed by atoms with E-state index in [9.17, 15) is 4.79 Å². The Bertz CT molecular complexity index is 494. The summed E-state index contributed by atoms with van der Waals surface area (Å²) in [6.45, 7) is 4.33. The molecule has 1 saturated carbocycles. The topological polar surface area (TPSA) is 50.7 Å². The molecule has 0 aliphatic heterocycles. The zero-order valence-corrected chi connectivity index (χ0v) is 12.9. The molecule has 0 heterocycles. The molecule has 0 saturated heterocycles. The van der Waals surface area contributed by atoms with E-state index in [-0.39, 0.29) is 12.5 Å². The summed E-state index contributed by atoms with van der Waals surface area (Å²) in [7, 11) is 0. The Morgan fingerprint density at radius 2 is 2.14 bits per heavy atom. The van der Waals surface area contributed by atoms with E-state index >= 15 is 0 Å². The van der Waals surface area contributed by atoms with Gasteiger partial charge in [-0.2, -0.15) is 5.10 Å². The number of hydrogen-bond donors (Lipinski definition) is 1. The van der Waals surface area contributed by atoms with Crippen LogP contribution in [0.15, 0.2) is 29.4 Å². The Hall–Kier alpha value is -1.84. The maximum atomic E-state index is 11.7. The van der Waals surface area contributed by atoms with E-state index in [4.69, 9.17) is 4.74 Å². The summed E-state index contributed by atoms with van der Waals surface area (Å²) in [5, 5.41) is 4.21. The van der Waals surface area contributed by atoms with Crippen LogP contribution >= 0.6 is 0 Å². The Balaban J connectivity index is 1.75. The third kappa shape index (κ3) is 5.21. The van der Waals surface area contributed by atoms with E-state index in [1.54, 1.807) is 0 Å². The first-order chi connectivity index (χ1) is 10.2. The summed E-state index contributed by atoms with van der Waals surface area (Å²) >= 11 is 0. The molecule has 1 aliphatic carbocycles. The smallest absolute Gasteiger partial charge is 0.277 e. The molecule has 21 heavy (non-hydrogen) atoms. The van der Waals surface area contributed by atoms with Crippen LogP contribution < -0.4 is 10.2 Å². The molecule has 1 aromatic carbocycles. The lowest BCUT2D eigenvalue weighted by Crippen LogP contribution is -2.27. The summed E-state index contributed by atoms with van der Waals surface area (Å²) in [6, 6.07) is 7.80. The second-order valence-corrected chi connectivity index (χ2v) is 5.70. The van der Waals surface area contributed by atoms with Gasteiger partial charge in [0.25, 0.3) is 5.91 Å². The highest BCUT2D eigenvalue weighted by atomic mass is 16.5. The maximum Gasteiger partial charge on any atom is 0.277 e. The standard InChI is InChI=1S/C17H24N2O2/c1-3-14-7-9-16(10-8-14)21-12-17(20)19-18-15-6-4-5-13(2)11-15/h7-10,13H,3-6,11-12H2,1-2H3,(H,19,20)/b18-15+/t13-/m0/s1. The molecule has 1 aromatic rings. The summed E-state index contributed by atoms with van der Waals surface area (Å²) in [5.41, 5.74) is 4.94. The van der Waals surface area contributed by atoms with Crippen molar-refractivity contribution in [2.24, 2.45) is 11.0 Å². The molecule has 4 heteroatoms. The number of hydrazone groups is 1. The third-order valence-electron chi connectivity index (χ3n) is 3.79. The van der Waals surface area contributed by atoms with Crippen LogP contribution in [0, 0.1) is 5.92 Å². The zero-order chi connectivity index (χ0) is 15.1. The number of rotatable bonds is 5. The van der Waals surface area contributed by atoms with Gasteiger partial charge in [0.15, 0.2) is 6.61 Å². The van der Waals surface area contributed by atoms with E-state index < -0.39 is 0 Å². The second-order valence-electron chi connectivity index (χ2n) is 5.70. The fourth-order valence-electron chi connectivity index (χ4n) is 2.51. The molecule has 0 unspecified atom stereocenters. The number of nitrogens with one attached hydrogen (secondary N) is 1. The predicted octanol–water partition coefficient (Wildman–Crippen LogP) is 3.31. The lowest BCUT2D eigenvalue weighted by atomic mass is 9.89. The van der Waals surface area contributed by atoms with Crippen molar-refractivity contribution in [3.05, 3.63) is 29.8 Å². The van der Waals surface area contributed by atoms with Gasteiger partial charge < -0.3 is 4.74 Å². The van der Waals surface area contributed by atoms with E-state index in [2.05, 4.69) is 24.4 Å². The van der Waals surface area contributed by atoms with E-state index in [1.807, 2.05) is 24.3 Å². The van der Waals surface area contributed by atoms with Crippen LogP contribution in [0.3, 0.4) is 0 Å². The van der Waals surface area contributed by atoms with Gasteiger partial charge in [-0.05, 0) is 55.7 Å². The van der Waals surface area contributed by atoms with Crippen molar-refractivity contribution in [1.82, 2.24) is 5.43 Å². The van der Waals surface area contributed by atoms with E-state index in [0.717, 1.165) is 31.4 Å². The average Bonchev–Trinajstić information content (AvgIpc) is 2.51. The number of amides is 1. The fraction of sp³-hybridized carbons (Fsp3) is 0.529. The van der Waals surface area contributed by atoms with Crippen LogP contribution in [0.5, 0.6) is 5.75 Å². The normalized spacial score (nSPS) is 20.3. The SMILES string of the molecule is CCc1ccc(OCC(=O)N/N=C2\CCC[C@H](C)C2)cc1. The van der Waals surface area contributed by atoms with Crippen LogP contribution in [-0.4, -0.2) is 18.2 Å². The number of carbonyl (C=O) groups is 1. The van der Waals surface area contributed by atoms with E-state index in [1.165, 1.54) is 12.0 Å². The molecule has 0 aromatic heterocycles. The monoisotopic (exact) mass is 288 g/mol. The van der Waals surface area contributed by atoms with Gasteiger partial charge in [0.2, 0.25) is 0 Å². The van der Waals surface area contributed by atoms with Gasteiger partial charge in [-0.25, -0.2) is 5.43 Å². The number of carbonyl (C=O) groups excluding carboxylic acids is 1. The first-order valence-corrected chi connectivity index (χ1v) is 7.73. The molecular formula is C17H24N2O2. The third-order valence-corrected chi connectivity index (χ3v) is 3.79. The van der Waals surface area contributed by atoms with Gasteiger partial charge in [0.1, 0.15) is 5.75 Å². The summed E-state index contributed by atoms with van der Waals surface area (Å²) in [6.07, 6.45) is 5.39. The molecule has 1 aliphatic rings. The minimum atomic E-state index is -0.208. The lowest BCUT2D eigenvalue weighted by molar-refractivity contribution is -0.123. The van der Waals surface area contributed by atoms with Crippen molar-refractivity contribution in [1.29, 1.82) is 0 Å². The van der Waals surface area contributed by atoms with Gasteiger partial charge >= 0.3 is 0 Å². The molecule has 0 bridgehead atoms. The lowest BCUT2D eigenvalue weighted by Gasteiger charge is -2.18. The summed E-state index contributed by atoms with van der Waals surface area (Å²) < 4.78 is 5.45. The quantitative estimate of drug-likeness (QED) is 0.845. The van der Waals surface area contributed by atoms with Crippen molar-refractivity contribution in [2.75, 3.05) is 6.61 Å². The molecule has 0 radical (unpaired) electrons. The largest absolute Gasteiger partial charge is 0.484 e. The van der Waals surface area contributed by atoms with Crippen molar-refractivity contribution in [2.45, 2.75) is 46.0 Å². The zero-order valence-electron chi connectivity index (χ0n) is 12.9. The first-order valence-electron chi connectivity index (χ1n) is 7.73. The molecular weight excluding hydrogens is 264 g/mol. The molecule has 0 spiro atoms.